The number of carbonyl (C=O) groups excluding carboxylic acids is 3. The van der Waals surface area contributed by atoms with Crippen molar-refractivity contribution >= 4 is 17.9 Å². The Balaban J connectivity index is 2.05. The molecule has 1 aliphatic rings. The van der Waals surface area contributed by atoms with Crippen molar-refractivity contribution in [3.8, 4) is 22.6 Å². The van der Waals surface area contributed by atoms with Crippen LogP contribution in [-0.4, -0.2) is 59.1 Å². The van der Waals surface area contributed by atoms with Gasteiger partial charge in [-0.1, -0.05) is 12.1 Å². The second kappa shape index (κ2) is 11.0. The summed E-state index contributed by atoms with van der Waals surface area (Å²) in [5.41, 5.74) is -0.250. The summed E-state index contributed by atoms with van der Waals surface area (Å²) in [4.78, 5) is 48.4. The number of hydrogen-bond acceptors (Lipinski definition) is 10. The average molecular weight is 489 g/mol. The molecule has 0 bridgehead atoms. The van der Waals surface area contributed by atoms with Gasteiger partial charge >= 0.3 is 17.9 Å². The van der Waals surface area contributed by atoms with E-state index in [2.05, 4.69) is 0 Å². The van der Waals surface area contributed by atoms with Gasteiger partial charge in [0.05, 0.1) is 12.2 Å². The van der Waals surface area contributed by atoms with Crippen LogP contribution in [0.4, 0.5) is 0 Å². The molecule has 3 rings (SSSR count). The van der Waals surface area contributed by atoms with E-state index >= 15 is 0 Å². The fourth-order valence-electron chi connectivity index (χ4n) is 3.81. The topological polar surface area (TPSA) is 140 Å². The molecular weight excluding hydrogens is 462 g/mol. The highest BCUT2D eigenvalue weighted by atomic mass is 16.7. The Morgan fingerprint density at radius 2 is 1.60 bits per heavy atom. The van der Waals surface area contributed by atoms with E-state index in [9.17, 15) is 24.3 Å². The third-order valence-electron chi connectivity index (χ3n) is 5.17. The highest BCUT2D eigenvalue weighted by Gasteiger charge is 2.51. The van der Waals surface area contributed by atoms with Crippen LogP contribution in [0, 0.1) is 0 Å². The summed E-state index contributed by atoms with van der Waals surface area (Å²) in [6.07, 6.45) is -3.37. The summed E-state index contributed by atoms with van der Waals surface area (Å²) in [5.74, 6) is -1.66. The maximum absolute atomic E-state index is 13.5. The number of esters is 3. The van der Waals surface area contributed by atoms with Crippen LogP contribution in [0.1, 0.15) is 33.9 Å². The van der Waals surface area contributed by atoms with Crippen LogP contribution >= 0.6 is 0 Å². The number of pyridine rings is 1. The Hall–Kier alpha value is -3.86. The number of ether oxygens (including phenoxy) is 5. The first-order valence-electron chi connectivity index (χ1n) is 10.9. The minimum absolute atomic E-state index is 0.0202. The van der Waals surface area contributed by atoms with Gasteiger partial charge in [0.2, 0.25) is 0 Å². The molecule has 1 saturated heterocycles. The summed E-state index contributed by atoms with van der Waals surface area (Å²) in [6.45, 7) is 5.53. The summed E-state index contributed by atoms with van der Waals surface area (Å²) in [5, 5.41) is 10.5. The van der Waals surface area contributed by atoms with Gasteiger partial charge < -0.3 is 28.8 Å². The molecule has 188 valence electrons. The Kier molecular flexibility index (Phi) is 8.13. The SMILES string of the molecule is CCOc1ccc(-c2c(O)ccn([C@@H]3O[C@H](COC(C)=O)[C@@H](OC(C)=O)[C@H]3OC(C)=O)c2=O)cc1. The van der Waals surface area contributed by atoms with Crippen molar-refractivity contribution < 1.29 is 43.2 Å². The van der Waals surface area contributed by atoms with E-state index in [1.807, 2.05) is 6.92 Å². The zero-order valence-electron chi connectivity index (χ0n) is 19.8. The van der Waals surface area contributed by atoms with Crippen molar-refractivity contribution in [2.45, 2.75) is 52.2 Å². The number of nitrogens with zero attached hydrogens (tertiary/aromatic N) is 1. The van der Waals surface area contributed by atoms with E-state index in [0.29, 0.717) is 17.9 Å². The van der Waals surface area contributed by atoms with Gasteiger partial charge in [0.15, 0.2) is 18.4 Å². The maximum atomic E-state index is 13.5. The van der Waals surface area contributed by atoms with Crippen molar-refractivity contribution in [2.24, 2.45) is 0 Å². The first-order valence-corrected chi connectivity index (χ1v) is 10.9. The van der Waals surface area contributed by atoms with Crippen LogP contribution in [0.15, 0.2) is 41.3 Å². The molecule has 0 unspecified atom stereocenters. The Labute approximate surface area is 201 Å². The lowest BCUT2D eigenvalue weighted by Gasteiger charge is -2.24. The second-order valence-corrected chi connectivity index (χ2v) is 7.76. The standard InChI is InChI=1S/C24H27NO10/c1-5-31-17-8-6-16(7-9-17)20-18(29)10-11-25(23(20)30)24-22(34-15(4)28)21(33-14(3)27)19(35-24)12-32-13(2)26/h6-11,19,21-22,24,29H,5,12H2,1-4H3/t19-,21-,22-,24-/m1/s1. The minimum Gasteiger partial charge on any atom is -0.507 e. The molecule has 0 radical (unpaired) electrons. The van der Waals surface area contributed by atoms with E-state index in [-0.39, 0.29) is 17.9 Å². The first-order chi connectivity index (χ1) is 16.6. The summed E-state index contributed by atoms with van der Waals surface area (Å²) >= 11 is 0. The predicted octanol–water partition coefficient (Wildman–Crippen LogP) is 1.94. The van der Waals surface area contributed by atoms with Crippen molar-refractivity contribution in [1.29, 1.82) is 0 Å². The molecule has 0 spiro atoms. The van der Waals surface area contributed by atoms with Crippen molar-refractivity contribution in [3.05, 3.63) is 46.9 Å². The zero-order chi connectivity index (χ0) is 25.7. The largest absolute Gasteiger partial charge is 0.507 e. The predicted molar refractivity (Wildman–Crippen MR) is 121 cm³/mol. The molecule has 2 aromatic rings. The highest BCUT2D eigenvalue weighted by molar-refractivity contribution is 5.70. The molecule has 1 N–H and O–H groups in total. The van der Waals surface area contributed by atoms with Gasteiger partial charge in [-0.3, -0.25) is 23.7 Å². The lowest BCUT2D eigenvalue weighted by Crippen LogP contribution is -2.41. The van der Waals surface area contributed by atoms with Crippen LogP contribution in [0.5, 0.6) is 11.5 Å². The Morgan fingerprint density at radius 1 is 0.971 bits per heavy atom. The molecule has 35 heavy (non-hydrogen) atoms. The van der Waals surface area contributed by atoms with Gasteiger partial charge in [-0.15, -0.1) is 0 Å². The monoisotopic (exact) mass is 489 g/mol. The molecule has 2 heterocycles. The normalized spacial score (nSPS) is 21.3. The third kappa shape index (κ3) is 5.99. The molecule has 1 fully saturated rings. The number of hydrogen-bond donors (Lipinski definition) is 1. The molecule has 0 aliphatic carbocycles. The van der Waals surface area contributed by atoms with Gasteiger partial charge in [-0.2, -0.15) is 0 Å². The summed E-state index contributed by atoms with van der Waals surface area (Å²) in [6, 6.07) is 7.86. The van der Waals surface area contributed by atoms with E-state index in [0.717, 1.165) is 18.4 Å². The van der Waals surface area contributed by atoms with Gasteiger partial charge in [0.1, 0.15) is 24.2 Å². The molecule has 0 saturated carbocycles. The summed E-state index contributed by atoms with van der Waals surface area (Å²) in [7, 11) is 0. The number of aromatic hydroxyl groups is 1. The van der Waals surface area contributed by atoms with E-state index in [1.165, 1.54) is 19.2 Å². The van der Waals surface area contributed by atoms with Crippen molar-refractivity contribution in [1.82, 2.24) is 4.57 Å². The van der Waals surface area contributed by atoms with Crippen LogP contribution < -0.4 is 10.3 Å². The van der Waals surface area contributed by atoms with Gasteiger partial charge in [-0.25, -0.2) is 0 Å². The Morgan fingerprint density at radius 3 is 2.17 bits per heavy atom. The number of carbonyl (C=O) groups is 3. The maximum Gasteiger partial charge on any atom is 0.303 e. The third-order valence-corrected chi connectivity index (χ3v) is 5.17. The quantitative estimate of drug-likeness (QED) is 0.432. The number of benzene rings is 1. The number of rotatable bonds is 8. The first kappa shape index (κ1) is 25.8. The second-order valence-electron chi connectivity index (χ2n) is 7.76. The van der Waals surface area contributed by atoms with Crippen LogP contribution in [-0.2, 0) is 33.3 Å². The molecular formula is C24H27NO10. The van der Waals surface area contributed by atoms with E-state index < -0.39 is 48.0 Å². The smallest absolute Gasteiger partial charge is 0.303 e. The van der Waals surface area contributed by atoms with Crippen molar-refractivity contribution in [3.63, 3.8) is 0 Å². The van der Waals surface area contributed by atoms with Gasteiger partial charge in [0.25, 0.3) is 5.56 Å². The molecule has 11 heteroatoms. The van der Waals surface area contributed by atoms with Gasteiger partial charge in [0, 0.05) is 27.0 Å². The lowest BCUT2D eigenvalue weighted by atomic mass is 10.1. The molecule has 11 nitrogen and oxygen atoms in total. The summed E-state index contributed by atoms with van der Waals surface area (Å²) < 4.78 is 28.2. The molecule has 1 aromatic heterocycles. The van der Waals surface area contributed by atoms with E-state index in [1.54, 1.807) is 24.3 Å². The van der Waals surface area contributed by atoms with Crippen LogP contribution in [0.25, 0.3) is 11.1 Å². The van der Waals surface area contributed by atoms with E-state index in [4.69, 9.17) is 23.7 Å². The van der Waals surface area contributed by atoms with Gasteiger partial charge in [-0.05, 0) is 30.7 Å². The van der Waals surface area contributed by atoms with Crippen LogP contribution in [0.2, 0.25) is 0 Å². The fourth-order valence-corrected chi connectivity index (χ4v) is 3.81. The van der Waals surface area contributed by atoms with Crippen LogP contribution in [0.3, 0.4) is 0 Å². The Bertz CT molecular complexity index is 1140. The number of aromatic nitrogens is 1. The lowest BCUT2D eigenvalue weighted by molar-refractivity contribution is -0.166. The van der Waals surface area contributed by atoms with Crippen molar-refractivity contribution in [2.75, 3.05) is 13.2 Å². The molecule has 1 aliphatic heterocycles. The zero-order valence-corrected chi connectivity index (χ0v) is 19.8. The molecule has 4 atom stereocenters. The molecule has 0 amide bonds. The highest BCUT2D eigenvalue weighted by Crippen LogP contribution is 2.35. The fraction of sp³-hybridized carbons (Fsp3) is 0.417. The molecule has 1 aromatic carbocycles. The minimum atomic E-state index is -1.24. The average Bonchev–Trinajstić information content (AvgIpc) is 3.09.